The molecule has 0 aliphatic carbocycles. The highest BCUT2D eigenvalue weighted by molar-refractivity contribution is 7.89. The molecule has 0 aromatic heterocycles. The van der Waals surface area contributed by atoms with Crippen molar-refractivity contribution in [2.45, 2.75) is 38.6 Å². The summed E-state index contributed by atoms with van der Waals surface area (Å²) in [4.78, 5) is 0.257. The van der Waals surface area contributed by atoms with Gasteiger partial charge in [-0.15, -0.1) is 0 Å². The van der Waals surface area contributed by atoms with E-state index in [-0.39, 0.29) is 17.5 Å². The van der Waals surface area contributed by atoms with Crippen molar-refractivity contribution in [1.82, 2.24) is 4.72 Å². The van der Waals surface area contributed by atoms with Crippen molar-refractivity contribution >= 4 is 10.0 Å². The van der Waals surface area contributed by atoms with Crippen LogP contribution in [0.25, 0.3) is 0 Å². The third-order valence-corrected chi connectivity index (χ3v) is 5.81. The Kier molecular flexibility index (Phi) is 6.08. The number of aryl methyl sites for hydroxylation is 1. The number of rotatable bonds is 7. The highest BCUT2D eigenvalue weighted by Crippen LogP contribution is 2.26. The molecular weight excluding hydrogens is 338 g/mol. The molecule has 0 heterocycles. The second-order valence-corrected chi connectivity index (χ2v) is 7.84. The number of methoxy groups -OCH3 is 1. The van der Waals surface area contributed by atoms with E-state index < -0.39 is 10.0 Å². The Balaban J connectivity index is 2.07. The second-order valence-electron chi connectivity index (χ2n) is 6.16. The van der Waals surface area contributed by atoms with Crippen molar-refractivity contribution in [2.75, 3.05) is 13.7 Å². The van der Waals surface area contributed by atoms with Crippen molar-refractivity contribution in [2.24, 2.45) is 0 Å². The zero-order valence-electron chi connectivity index (χ0n) is 15.3. The zero-order chi connectivity index (χ0) is 18.6. The topological polar surface area (TPSA) is 64.6 Å². The molecule has 1 atom stereocenters. The largest absolute Gasteiger partial charge is 0.496 e. The summed E-state index contributed by atoms with van der Waals surface area (Å²) in [5.41, 5.74) is 2.64. The highest BCUT2D eigenvalue weighted by atomic mass is 32.2. The predicted octanol–water partition coefficient (Wildman–Crippen LogP) is 3.37. The Morgan fingerprint density at radius 1 is 1.00 bits per heavy atom. The van der Waals surface area contributed by atoms with E-state index in [0.717, 1.165) is 11.1 Å². The third-order valence-electron chi connectivity index (χ3n) is 4.07. The monoisotopic (exact) mass is 363 g/mol. The van der Waals surface area contributed by atoms with Crippen LogP contribution in [-0.2, 0) is 10.0 Å². The van der Waals surface area contributed by atoms with E-state index in [1.807, 2.05) is 38.1 Å². The molecule has 0 saturated heterocycles. The summed E-state index contributed by atoms with van der Waals surface area (Å²) < 4.78 is 38.9. The first kappa shape index (κ1) is 19.3. The SMILES string of the molecule is COc1ccc(S(=O)(=O)N[C@@H](C)COc2ccc(C)cc2)c(C)c1C. The van der Waals surface area contributed by atoms with Gasteiger partial charge in [-0.25, -0.2) is 13.1 Å². The van der Waals surface area contributed by atoms with Crippen LogP contribution in [0.4, 0.5) is 0 Å². The molecule has 2 aromatic carbocycles. The number of benzene rings is 2. The molecule has 0 radical (unpaired) electrons. The van der Waals surface area contributed by atoms with E-state index in [1.54, 1.807) is 33.1 Å². The molecule has 0 unspecified atom stereocenters. The summed E-state index contributed by atoms with van der Waals surface area (Å²) >= 11 is 0. The highest BCUT2D eigenvalue weighted by Gasteiger charge is 2.21. The molecule has 2 rings (SSSR count). The standard InChI is InChI=1S/C19H25NO4S/c1-13-6-8-17(9-7-13)24-12-14(2)20-25(21,22)19-11-10-18(23-5)15(3)16(19)4/h6-11,14,20H,12H2,1-5H3/t14-/m0/s1. The van der Waals surface area contributed by atoms with E-state index >= 15 is 0 Å². The molecule has 0 saturated carbocycles. The molecule has 0 bridgehead atoms. The molecule has 1 N–H and O–H groups in total. The first-order valence-electron chi connectivity index (χ1n) is 8.10. The third kappa shape index (κ3) is 4.74. The number of ether oxygens (including phenoxy) is 2. The molecule has 25 heavy (non-hydrogen) atoms. The van der Waals surface area contributed by atoms with Crippen LogP contribution in [0.3, 0.4) is 0 Å². The van der Waals surface area contributed by atoms with Gasteiger partial charge in [0.2, 0.25) is 10.0 Å². The average Bonchev–Trinajstić information content (AvgIpc) is 2.56. The lowest BCUT2D eigenvalue weighted by atomic mass is 10.1. The number of sulfonamides is 1. The molecule has 0 aliphatic rings. The van der Waals surface area contributed by atoms with Crippen molar-refractivity contribution < 1.29 is 17.9 Å². The van der Waals surface area contributed by atoms with Gasteiger partial charge < -0.3 is 9.47 Å². The van der Waals surface area contributed by atoms with Gasteiger partial charge in [-0.2, -0.15) is 0 Å². The van der Waals surface area contributed by atoms with E-state index in [1.165, 1.54) is 0 Å². The lowest BCUT2D eigenvalue weighted by Crippen LogP contribution is -2.37. The lowest BCUT2D eigenvalue weighted by Gasteiger charge is -2.18. The van der Waals surface area contributed by atoms with Crippen LogP contribution in [0.15, 0.2) is 41.3 Å². The Morgan fingerprint density at radius 3 is 2.24 bits per heavy atom. The van der Waals surface area contributed by atoms with Gasteiger partial charge in [0.1, 0.15) is 18.1 Å². The quantitative estimate of drug-likeness (QED) is 0.819. The summed E-state index contributed by atoms with van der Waals surface area (Å²) in [5, 5.41) is 0. The predicted molar refractivity (Wildman–Crippen MR) is 98.9 cm³/mol. The number of hydrogen-bond acceptors (Lipinski definition) is 4. The summed E-state index contributed by atoms with van der Waals surface area (Å²) in [6, 6.07) is 10.5. The fraction of sp³-hybridized carbons (Fsp3) is 0.368. The van der Waals surface area contributed by atoms with Crippen molar-refractivity contribution in [3.8, 4) is 11.5 Å². The van der Waals surface area contributed by atoms with Crippen LogP contribution < -0.4 is 14.2 Å². The van der Waals surface area contributed by atoms with Gasteiger partial charge in [0.15, 0.2) is 0 Å². The van der Waals surface area contributed by atoms with E-state index in [4.69, 9.17) is 9.47 Å². The van der Waals surface area contributed by atoms with E-state index in [2.05, 4.69) is 4.72 Å². The minimum atomic E-state index is -3.63. The molecule has 5 nitrogen and oxygen atoms in total. The zero-order valence-corrected chi connectivity index (χ0v) is 16.1. The summed E-state index contributed by atoms with van der Waals surface area (Å²) in [6.45, 7) is 7.64. The van der Waals surface area contributed by atoms with Gasteiger partial charge in [-0.3, -0.25) is 0 Å². The summed E-state index contributed by atoms with van der Waals surface area (Å²) in [7, 11) is -2.07. The van der Waals surface area contributed by atoms with Gasteiger partial charge in [0, 0.05) is 0 Å². The first-order valence-corrected chi connectivity index (χ1v) is 9.59. The fourth-order valence-electron chi connectivity index (χ4n) is 2.50. The van der Waals surface area contributed by atoms with Gasteiger partial charge in [-0.05, 0) is 63.1 Å². The Hall–Kier alpha value is -2.05. The van der Waals surface area contributed by atoms with Gasteiger partial charge >= 0.3 is 0 Å². The molecule has 0 spiro atoms. The Morgan fingerprint density at radius 2 is 1.64 bits per heavy atom. The van der Waals surface area contributed by atoms with Crippen LogP contribution in [-0.4, -0.2) is 28.2 Å². The molecular formula is C19H25NO4S. The minimum Gasteiger partial charge on any atom is -0.496 e. The van der Waals surface area contributed by atoms with E-state index in [9.17, 15) is 8.42 Å². The maximum atomic E-state index is 12.7. The summed E-state index contributed by atoms with van der Waals surface area (Å²) in [5.74, 6) is 1.39. The Bertz CT molecular complexity index is 829. The molecule has 6 heteroatoms. The normalized spacial score (nSPS) is 12.7. The van der Waals surface area contributed by atoms with Crippen LogP contribution in [0.1, 0.15) is 23.6 Å². The fourth-order valence-corrected chi connectivity index (χ4v) is 4.03. The minimum absolute atomic E-state index is 0.247. The van der Waals surface area contributed by atoms with Crippen LogP contribution in [0.2, 0.25) is 0 Å². The number of nitrogens with one attached hydrogen (secondary N) is 1. The van der Waals surface area contributed by atoms with Gasteiger partial charge in [0.25, 0.3) is 0 Å². The van der Waals surface area contributed by atoms with E-state index in [0.29, 0.717) is 17.1 Å². The van der Waals surface area contributed by atoms with Gasteiger partial charge in [-0.1, -0.05) is 17.7 Å². The summed E-state index contributed by atoms with van der Waals surface area (Å²) in [6.07, 6.45) is 0. The molecule has 2 aromatic rings. The molecule has 0 fully saturated rings. The van der Waals surface area contributed by atoms with Crippen LogP contribution in [0, 0.1) is 20.8 Å². The first-order chi connectivity index (χ1) is 11.7. The molecule has 136 valence electrons. The van der Waals surface area contributed by atoms with Crippen molar-refractivity contribution in [3.05, 3.63) is 53.1 Å². The maximum Gasteiger partial charge on any atom is 0.241 e. The Labute approximate surface area is 150 Å². The van der Waals surface area contributed by atoms with Crippen LogP contribution >= 0.6 is 0 Å². The maximum absolute atomic E-state index is 12.7. The average molecular weight is 363 g/mol. The lowest BCUT2D eigenvalue weighted by molar-refractivity contribution is 0.287. The molecule has 0 amide bonds. The van der Waals surface area contributed by atoms with Crippen molar-refractivity contribution in [3.63, 3.8) is 0 Å². The number of hydrogen-bond donors (Lipinski definition) is 1. The van der Waals surface area contributed by atoms with Crippen molar-refractivity contribution in [1.29, 1.82) is 0 Å². The van der Waals surface area contributed by atoms with Crippen LogP contribution in [0.5, 0.6) is 11.5 Å². The smallest absolute Gasteiger partial charge is 0.241 e. The van der Waals surface area contributed by atoms with Gasteiger partial charge in [0.05, 0.1) is 18.0 Å². The second kappa shape index (κ2) is 7.89. The molecule has 0 aliphatic heterocycles.